The lowest BCUT2D eigenvalue weighted by molar-refractivity contribution is -0.122. The van der Waals surface area contributed by atoms with Crippen LogP contribution >= 0.6 is 0 Å². The van der Waals surface area contributed by atoms with Gasteiger partial charge in [0.15, 0.2) is 0 Å². The molecule has 12 heavy (non-hydrogen) atoms. The maximum absolute atomic E-state index is 2.65. The molecule has 1 heteroatoms. The molecule has 1 aliphatic carbocycles. The first kappa shape index (κ1) is 8.55. The molecule has 70 valence electrons. The molecule has 0 atom stereocenters. The highest BCUT2D eigenvalue weighted by molar-refractivity contribution is 5.06. The summed E-state index contributed by atoms with van der Waals surface area (Å²) < 4.78 is 0. The summed E-state index contributed by atoms with van der Waals surface area (Å²) in [4.78, 5) is 2.65. The molecule has 0 spiro atoms. The van der Waals surface area contributed by atoms with Gasteiger partial charge in [-0.2, -0.15) is 0 Å². The summed E-state index contributed by atoms with van der Waals surface area (Å²) in [5, 5.41) is 0. The number of hydrogen-bond donors (Lipinski definition) is 0. The van der Waals surface area contributed by atoms with Crippen LogP contribution in [0.2, 0.25) is 0 Å². The zero-order valence-corrected chi connectivity index (χ0v) is 8.85. The molecule has 0 N–H and O–H groups in total. The van der Waals surface area contributed by atoms with Crippen LogP contribution in [-0.4, -0.2) is 24.0 Å². The van der Waals surface area contributed by atoms with Crippen molar-refractivity contribution >= 4 is 0 Å². The van der Waals surface area contributed by atoms with E-state index in [0.29, 0.717) is 10.8 Å². The molecule has 0 aromatic carbocycles. The molecule has 0 aromatic heterocycles. The highest BCUT2D eigenvalue weighted by atomic mass is 15.2. The fourth-order valence-electron chi connectivity index (χ4n) is 3.63. The fourth-order valence-corrected chi connectivity index (χ4v) is 3.63. The van der Waals surface area contributed by atoms with Gasteiger partial charge in [-0.3, -0.25) is 4.90 Å². The molecule has 1 saturated carbocycles. The van der Waals surface area contributed by atoms with Crippen molar-refractivity contribution in [3.63, 3.8) is 0 Å². The standard InChI is InChI=1S/C11H21N/c1-9(2)12-7-10(3)5-11(4,6-10)8-12/h9H,5-8H2,1-4H3. The molecule has 2 saturated heterocycles. The van der Waals surface area contributed by atoms with Crippen LogP contribution in [0.1, 0.15) is 40.5 Å². The Bertz CT molecular complexity index is 173. The summed E-state index contributed by atoms with van der Waals surface area (Å²) in [7, 11) is 0. The molecule has 2 bridgehead atoms. The molecule has 0 radical (unpaired) electrons. The van der Waals surface area contributed by atoms with E-state index >= 15 is 0 Å². The van der Waals surface area contributed by atoms with Crippen molar-refractivity contribution in [2.75, 3.05) is 13.1 Å². The minimum atomic E-state index is 0.664. The van der Waals surface area contributed by atoms with Crippen molar-refractivity contribution in [1.29, 1.82) is 0 Å². The SMILES string of the molecule is CC(C)N1CC2(C)CC(C)(C1)C2. The Balaban J connectivity index is 2.07. The molecule has 2 aliphatic heterocycles. The van der Waals surface area contributed by atoms with Crippen LogP contribution in [0.15, 0.2) is 0 Å². The summed E-state index contributed by atoms with van der Waals surface area (Å²) in [5.41, 5.74) is 1.33. The van der Waals surface area contributed by atoms with Gasteiger partial charge in [-0.05, 0) is 37.5 Å². The number of fused-ring (bicyclic) bond motifs is 2. The van der Waals surface area contributed by atoms with E-state index in [-0.39, 0.29) is 0 Å². The van der Waals surface area contributed by atoms with Gasteiger partial charge >= 0.3 is 0 Å². The van der Waals surface area contributed by atoms with E-state index in [9.17, 15) is 0 Å². The highest BCUT2D eigenvalue weighted by Gasteiger charge is 2.54. The predicted molar refractivity (Wildman–Crippen MR) is 52.2 cm³/mol. The lowest BCUT2D eigenvalue weighted by Crippen LogP contribution is -2.62. The molecule has 3 fully saturated rings. The Morgan fingerprint density at radius 3 is 1.75 bits per heavy atom. The molecule has 0 unspecified atom stereocenters. The molecule has 3 rings (SSSR count). The van der Waals surface area contributed by atoms with Crippen LogP contribution in [0.4, 0.5) is 0 Å². The average Bonchev–Trinajstić information content (AvgIpc) is 1.81. The van der Waals surface area contributed by atoms with Crippen LogP contribution < -0.4 is 0 Å². The van der Waals surface area contributed by atoms with E-state index < -0.39 is 0 Å². The Kier molecular flexibility index (Phi) is 1.61. The van der Waals surface area contributed by atoms with Crippen LogP contribution in [0.25, 0.3) is 0 Å². The van der Waals surface area contributed by atoms with Gasteiger partial charge in [-0.1, -0.05) is 13.8 Å². The average molecular weight is 167 g/mol. The van der Waals surface area contributed by atoms with Crippen LogP contribution in [-0.2, 0) is 0 Å². The first-order valence-corrected chi connectivity index (χ1v) is 5.17. The largest absolute Gasteiger partial charge is 0.300 e. The van der Waals surface area contributed by atoms with Crippen molar-refractivity contribution < 1.29 is 0 Å². The molecular formula is C11H21N. The summed E-state index contributed by atoms with van der Waals surface area (Å²) in [6.45, 7) is 12.2. The zero-order valence-electron chi connectivity index (χ0n) is 8.85. The van der Waals surface area contributed by atoms with E-state index in [2.05, 4.69) is 32.6 Å². The third-order valence-electron chi connectivity index (χ3n) is 3.61. The summed E-state index contributed by atoms with van der Waals surface area (Å²) >= 11 is 0. The van der Waals surface area contributed by atoms with Crippen molar-refractivity contribution in [3.8, 4) is 0 Å². The minimum Gasteiger partial charge on any atom is -0.300 e. The molecular weight excluding hydrogens is 146 g/mol. The van der Waals surface area contributed by atoms with Gasteiger partial charge in [0, 0.05) is 19.1 Å². The number of hydrogen-bond acceptors (Lipinski definition) is 1. The van der Waals surface area contributed by atoms with Gasteiger partial charge in [0.25, 0.3) is 0 Å². The second-order valence-electron chi connectivity index (χ2n) is 5.97. The Morgan fingerprint density at radius 1 is 1.00 bits per heavy atom. The van der Waals surface area contributed by atoms with Crippen LogP contribution in [0.3, 0.4) is 0 Å². The first-order valence-electron chi connectivity index (χ1n) is 5.17. The van der Waals surface area contributed by atoms with Gasteiger partial charge < -0.3 is 0 Å². The van der Waals surface area contributed by atoms with Gasteiger partial charge in [-0.25, -0.2) is 0 Å². The van der Waals surface area contributed by atoms with Gasteiger partial charge in [0.2, 0.25) is 0 Å². The van der Waals surface area contributed by atoms with E-state index in [0.717, 1.165) is 6.04 Å². The topological polar surface area (TPSA) is 3.24 Å². The number of piperidine rings is 2. The summed E-state index contributed by atoms with van der Waals surface area (Å²) in [6, 6.07) is 0.740. The van der Waals surface area contributed by atoms with E-state index in [1.165, 1.54) is 25.9 Å². The maximum Gasteiger partial charge on any atom is 0.00390 e. The molecule has 3 aliphatic rings. The van der Waals surface area contributed by atoms with Crippen molar-refractivity contribution in [1.82, 2.24) is 4.90 Å². The zero-order chi connectivity index (χ0) is 8.98. The van der Waals surface area contributed by atoms with Gasteiger partial charge in [0.1, 0.15) is 0 Å². The van der Waals surface area contributed by atoms with E-state index in [1.807, 2.05) is 0 Å². The van der Waals surface area contributed by atoms with Gasteiger partial charge in [0.05, 0.1) is 0 Å². The quantitative estimate of drug-likeness (QED) is 0.580. The molecule has 0 aromatic rings. The van der Waals surface area contributed by atoms with E-state index in [1.54, 1.807) is 0 Å². The minimum absolute atomic E-state index is 0.664. The Morgan fingerprint density at radius 2 is 1.42 bits per heavy atom. The molecule has 0 amide bonds. The monoisotopic (exact) mass is 167 g/mol. The molecule has 2 heterocycles. The van der Waals surface area contributed by atoms with E-state index in [4.69, 9.17) is 0 Å². The fraction of sp³-hybridized carbons (Fsp3) is 1.00. The normalized spacial score (nSPS) is 47.8. The van der Waals surface area contributed by atoms with Gasteiger partial charge in [-0.15, -0.1) is 0 Å². The second-order valence-corrected chi connectivity index (χ2v) is 5.97. The van der Waals surface area contributed by atoms with Crippen molar-refractivity contribution in [3.05, 3.63) is 0 Å². The first-order chi connectivity index (χ1) is 5.43. The third kappa shape index (κ3) is 1.19. The van der Waals surface area contributed by atoms with Crippen molar-refractivity contribution in [2.45, 2.75) is 46.6 Å². The van der Waals surface area contributed by atoms with Crippen LogP contribution in [0.5, 0.6) is 0 Å². The number of rotatable bonds is 1. The Hall–Kier alpha value is -0.0400. The third-order valence-corrected chi connectivity index (χ3v) is 3.61. The highest BCUT2D eigenvalue weighted by Crippen LogP contribution is 2.58. The molecule has 1 nitrogen and oxygen atoms in total. The second kappa shape index (κ2) is 2.25. The Labute approximate surface area is 76.1 Å². The maximum atomic E-state index is 2.65. The lowest BCUT2D eigenvalue weighted by atomic mass is 9.51. The predicted octanol–water partition coefficient (Wildman–Crippen LogP) is 2.52. The number of nitrogens with zero attached hydrogens (tertiary/aromatic N) is 1. The summed E-state index contributed by atoms with van der Waals surface area (Å²) in [5.74, 6) is 0. The van der Waals surface area contributed by atoms with Crippen molar-refractivity contribution in [2.24, 2.45) is 10.8 Å². The smallest absolute Gasteiger partial charge is 0.00390 e. The summed E-state index contributed by atoms with van der Waals surface area (Å²) in [6.07, 6.45) is 2.92. The van der Waals surface area contributed by atoms with Crippen LogP contribution in [0, 0.1) is 10.8 Å². The lowest BCUT2D eigenvalue weighted by Gasteiger charge is -2.62.